The van der Waals surface area contributed by atoms with Gasteiger partial charge in [-0.3, -0.25) is 4.90 Å². The second kappa shape index (κ2) is 26.0. The Hall–Kier alpha value is -5.40. The summed E-state index contributed by atoms with van der Waals surface area (Å²) in [6.45, 7) is 7.77. The zero-order valence-corrected chi connectivity index (χ0v) is 45.7. The Labute approximate surface area is 452 Å². The minimum absolute atomic E-state index is 0.00409. The Morgan fingerprint density at radius 3 is 1.64 bits per heavy atom. The minimum atomic E-state index is -4.28. The molecule has 4 aromatic carbocycles. The summed E-state index contributed by atoms with van der Waals surface area (Å²) in [7, 11) is -8.45. The van der Waals surface area contributed by atoms with Gasteiger partial charge in [-0.2, -0.15) is 8.61 Å². The van der Waals surface area contributed by atoms with E-state index in [9.17, 15) is 36.6 Å². The van der Waals surface area contributed by atoms with Crippen LogP contribution < -0.4 is 16.4 Å². The Bertz CT molecular complexity index is 2760. The second-order valence-electron chi connectivity index (χ2n) is 21.1. The highest BCUT2D eigenvalue weighted by Crippen LogP contribution is 2.35. The number of nitrogen functional groups attached to an aromatic ring is 1. The lowest BCUT2D eigenvalue weighted by molar-refractivity contribution is -0.0909. The number of benzene rings is 4. The first-order valence-corrected chi connectivity index (χ1v) is 29.3. The lowest BCUT2D eigenvalue weighted by Gasteiger charge is -2.37. The van der Waals surface area contributed by atoms with E-state index in [1.54, 1.807) is 12.1 Å². The molecule has 0 bridgehead atoms. The standard InChI is InChI=1S/C55H74N6O14S2/c1-36(2)29-59(31-48(62)46(27-38-11-7-5-8-12-38)58-54(64)74-50-33-72-52-44(50)23-25-70-52)77(68,69)43-21-17-41(18-22-43)57-35-61(55(65)75-51-34-73-53-45(51)24-26-71-53)47(28-39-13-9-6-10-14-39)49(63)32-60(30-37(3)4)76(66,67)42-19-15-40(56)16-20-42/h5-22,36-37,44-53,57,62-63H,23-35,56H2,1-4H3,(H,58,64). The average molecular weight is 1110 g/mol. The molecule has 4 aliphatic rings. The van der Waals surface area contributed by atoms with Gasteiger partial charge >= 0.3 is 12.2 Å². The number of carbonyl (C=O) groups excluding carboxylic acids is 2. The van der Waals surface area contributed by atoms with E-state index in [4.69, 9.17) is 34.2 Å². The largest absolute Gasteiger partial charge is 0.443 e. The average Bonchev–Trinajstić information content (AvgIpc) is 4.23. The fraction of sp³-hybridized carbons (Fsp3) is 0.527. The molecule has 0 spiro atoms. The van der Waals surface area contributed by atoms with Gasteiger partial charge in [-0.05, 0) is 97.2 Å². The van der Waals surface area contributed by atoms with Crippen molar-refractivity contribution < 1.29 is 65.1 Å². The summed E-state index contributed by atoms with van der Waals surface area (Å²) in [4.78, 5) is 29.4. The van der Waals surface area contributed by atoms with Crippen LogP contribution in [0.25, 0.3) is 0 Å². The monoisotopic (exact) mass is 1110 g/mol. The number of fused-ring (bicyclic) bond motifs is 2. The van der Waals surface area contributed by atoms with Crippen LogP contribution in [-0.2, 0) is 61.3 Å². The summed E-state index contributed by atoms with van der Waals surface area (Å²) in [6, 6.07) is 28.1. The highest BCUT2D eigenvalue weighted by Gasteiger charge is 2.46. The van der Waals surface area contributed by atoms with Crippen molar-refractivity contribution in [2.45, 2.75) is 112 Å². The number of ether oxygens (including phenoxy) is 6. The third-order valence-corrected chi connectivity index (χ3v) is 18.0. The number of amides is 2. The number of nitrogens with two attached hydrogens (primary N) is 1. The maximum Gasteiger partial charge on any atom is 0.411 e. The van der Waals surface area contributed by atoms with Crippen LogP contribution in [0.5, 0.6) is 0 Å². The molecule has 10 atom stereocenters. The number of nitrogens with zero attached hydrogens (tertiary/aromatic N) is 3. The van der Waals surface area contributed by atoms with Gasteiger partial charge in [-0.1, -0.05) is 88.4 Å². The molecule has 4 aromatic rings. The minimum Gasteiger partial charge on any atom is -0.443 e. The number of alkyl carbamates (subject to hydrolysis) is 1. The Balaban J connectivity index is 1.03. The molecule has 6 N–H and O–H groups in total. The number of hydrogen-bond donors (Lipinski definition) is 5. The van der Waals surface area contributed by atoms with Crippen molar-refractivity contribution in [1.29, 1.82) is 0 Å². The van der Waals surface area contributed by atoms with Gasteiger partial charge in [0, 0.05) is 37.6 Å². The van der Waals surface area contributed by atoms with Gasteiger partial charge in [0.2, 0.25) is 20.0 Å². The quantitative estimate of drug-likeness (QED) is 0.0419. The van der Waals surface area contributed by atoms with Gasteiger partial charge in [0.05, 0.1) is 79.0 Å². The van der Waals surface area contributed by atoms with Crippen molar-refractivity contribution in [3.8, 4) is 0 Å². The third kappa shape index (κ3) is 14.8. The molecule has 4 aliphatic heterocycles. The molecule has 4 heterocycles. The number of nitrogens with one attached hydrogen (secondary N) is 2. The Kier molecular flexibility index (Phi) is 19.5. The fourth-order valence-electron chi connectivity index (χ4n) is 10.3. The summed E-state index contributed by atoms with van der Waals surface area (Å²) in [5.74, 6) is -0.614. The molecule has 4 saturated heterocycles. The Morgan fingerprint density at radius 1 is 0.636 bits per heavy atom. The molecule has 0 saturated carbocycles. The number of aliphatic hydroxyl groups is 2. The van der Waals surface area contributed by atoms with Crippen LogP contribution in [0.1, 0.15) is 51.7 Å². The normalized spacial score (nSPS) is 22.9. The first-order chi connectivity index (χ1) is 36.8. The summed E-state index contributed by atoms with van der Waals surface area (Å²) < 4.78 is 94.8. The summed E-state index contributed by atoms with van der Waals surface area (Å²) >= 11 is 0. The number of aliphatic hydroxyl groups excluding tert-OH is 2. The highest BCUT2D eigenvalue weighted by molar-refractivity contribution is 7.89. The zero-order valence-electron chi connectivity index (χ0n) is 44.0. The van der Waals surface area contributed by atoms with Crippen LogP contribution in [0.4, 0.5) is 21.0 Å². The highest BCUT2D eigenvalue weighted by atomic mass is 32.2. The zero-order chi connectivity index (χ0) is 54.9. The van der Waals surface area contributed by atoms with E-state index in [2.05, 4.69) is 10.6 Å². The fourth-order valence-corrected chi connectivity index (χ4v) is 13.5. The molecule has 4 fully saturated rings. The molecular weight excluding hydrogens is 1030 g/mol. The molecule has 77 heavy (non-hydrogen) atoms. The van der Waals surface area contributed by atoms with Crippen LogP contribution in [0, 0.1) is 23.7 Å². The number of sulfonamides is 2. The van der Waals surface area contributed by atoms with Gasteiger partial charge in [0.25, 0.3) is 0 Å². The van der Waals surface area contributed by atoms with E-state index in [-0.39, 0.29) is 92.4 Å². The van der Waals surface area contributed by atoms with Crippen LogP contribution in [-0.4, -0.2) is 161 Å². The van der Waals surface area contributed by atoms with Crippen molar-refractivity contribution in [2.75, 3.05) is 70.3 Å². The molecule has 22 heteroatoms. The molecule has 420 valence electrons. The Morgan fingerprint density at radius 2 is 1.12 bits per heavy atom. The van der Waals surface area contributed by atoms with Crippen molar-refractivity contribution >= 4 is 43.6 Å². The number of carbonyl (C=O) groups is 2. The molecule has 0 aliphatic carbocycles. The molecule has 20 nitrogen and oxygen atoms in total. The summed E-state index contributed by atoms with van der Waals surface area (Å²) in [5, 5.41) is 30.3. The number of rotatable bonds is 25. The number of anilines is 2. The van der Waals surface area contributed by atoms with E-state index in [0.29, 0.717) is 37.4 Å². The topological polar surface area (TPSA) is 258 Å². The molecule has 10 unspecified atom stereocenters. The van der Waals surface area contributed by atoms with E-state index in [0.717, 1.165) is 11.1 Å². The lowest BCUT2D eigenvalue weighted by atomic mass is 9.99. The van der Waals surface area contributed by atoms with Crippen molar-refractivity contribution in [1.82, 2.24) is 18.8 Å². The van der Waals surface area contributed by atoms with E-state index in [1.807, 2.05) is 88.4 Å². The lowest BCUT2D eigenvalue weighted by Crippen LogP contribution is -2.55. The van der Waals surface area contributed by atoms with Crippen LogP contribution >= 0.6 is 0 Å². The predicted octanol–water partition coefficient (Wildman–Crippen LogP) is 5.26. The van der Waals surface area contributed by atoms with Gasteiger partial charge < -0.3 is 55.0 Å². The smallest absolute Gasteiger partial charge is 0.411 e. The molecule has 0 radical (unpaired) electrons. The van der Waals surface area contributed by atoms with Gasteiger partial charge in [0.15, 0.2) is 12.6 Å². The van der Waals surface area contributed by atoms with Crippen molar-refractivity contribution in [2.24, 2.45) is 23.7 Å². The summed E-state index contributed by atoms with van der Waals surface area (Å²) in [5.41, 5.74) is 8.25. The van der Waals surface area contributed by atoms with Crippen LogP contribution in [0.15, 0.2) is 119 Å². The first-order valence-electron chi connectivity index (χ1n) is 26.4. The predicted molar refractivity (Wildman–Crippen MR) is 286 cm³/mol. The van der Waals surface area contributed by atoms with Gasteiger partial charge in [-0.15, -0.1) is 0 Å². The molecular formula is C55H74N6O14S2. The van der Waals surface area contributed by atoms with Crippen molar-refractivity contribution in [3.05, 3.63) is 120 Å². The van der Waals surface area contributed by atoms with Crippen LogP contribution in [0.2, 0.25) is 0 Å². The van der Waals surface area contributed by atoms with Crippen LogP contribution in [0.3, 0.4) is 0 Å². The van der Waals surface area contributed by atoms with E-state index in [1.165, 1.54) is 49.9 Å². The maximum atomic E-state index is 14.7. The maximum absolute atomic E-state index is 14.7. The summed E-state index contributed by atoms with van der Waals surface area (Å²) in [6.07, 6.45) is -4.98. The second-order valence-corrected chi connectivity index (χ2v) is 25.0. The third-order valence-electron chi connectivity index (χ3n) is 14.3. The SMILES string of the molecule is CC(C)CN(CC(O)C(Cc1ccccc1)NC(=O)OC1COC2OCCC12)S(=O)(=O)c1ccc(NCN(C(=O)OC2COC3OCCC23)C(Cc2ccccc2)C(O)CN(CC(C)C)S(=O)(=O)c2ccc(N)cc2)cc1. The number of hydrogen-bond acceptors (Lipinski definition) is 16. The molecule has 8 rings (SSSR count). The first kappa shape index (κ1) is 57.8. The van der Waals surface area contributed by atoms with E-state index < -0.39 is 81.3 Å². The van der Waals surface area contributed by atoms with Gasteiger partial charge in [0.1, 0.15) is 12.2 Å². The van der Waals surface area contributed by atoms with Crippen molar-refractivity contribution in [3.63, 3.8) is 0 Å². The van der Waals surface area contributed by atoms with Gasteiger partial charge in [-0.25, -0.2) is 26.4 Å². The molecule has 0 aromatic heterocycles. The molecule has 2 amide bonds. The van der Waals surface area contributed by atoms with E-state index >= 15 is 0 Å².